The minimum atomic E-state index is -0.732. The molecule has 0 spiro atoms. The highest BCUT2D eigenvalue weighted by molar-refractivity contribution is 8.13. The van der Waals surface area contributed by atoms with Gasteiger partial charge in [0, 0.05) is 13.1 Å². The number of nitrogens with one attached hydrogen (secondary N) is 1. The van der Waals surface area contributed by atoms with Gasteiger partial charge < -0.3 is 9.64 Å². The monoisotopic (exact) mass is 247 g/mol. The molecule has 0 saturated heterocycles. The van der Waals surface area contributed by atoms with Crippen LogP contribution in [0.5, 0.6) is 0 Å². The molecular formula is C9H17N3O3S. The molecule has 0 aromatic rings. The molecule has 0 aliphatic carbocycles. The Bertz CT molecular complexity index is 277. The molecule has 16 heavy (non-hydrogen) atoms. The predicted molar refractivity (Wildman–Crippen MR) is 64.8 cm³/mol. The second-order valence-corrected chi connectivity index (χ2v) is 3.49. The smallest absolute Gasteiger partial charge is 0.435 e. The Balaban J connectivity index is 4.48. The average Bonchev–Trinajstić information content (AvgIpc) is 2.29. The summed E-state index contributed by atoms with van der Waals surface area (Å²) < 4.78 is 4.37. The van der Waals surface area contributed by atoms with Crippen LogP contribution >= 0.6 is 11.8 Å². The zero-order chi connectivity index (χ0) is 12.6. The Morgan fingerprint density at radius 3 is 2.31 bits per heavy atom. The van der Waals surface area contributed by atoms with Crippen molar-refractivity contribution in [1.82, 2.24) is 10.2 Å². The lowest BCUT2D eigenvalue weighted by Gasteiger charge is -2.19. The predicted octanol–water partition coefficient (Wildman–Crippen LogP) is 1.52. The summed E-state index contributed by atoms with van der Waals surface area (Å²) in [5.74, 6) is 0. The summed E-state index contributed by atoms with van der Waals surface area (Å²) >= 11 is 1.17. The van der Waals surface area contributed by atoms with Crippen LogP contribution in [0, 0.1) is 0 Å². The molecule has 0 aliphatic rings. The van der Waals surface area contributed by atoms with Crippen molar-refractivity contribution in [2.24, 2.45) is 4.99 Å². The van der Waals surface area contributed by atoms with Gasteiger partial charge in [-0.3, -0.25) is 5.32 Å². The fraction of sp³-hybridized carbons (Fsp3) is 0.667. The second-order valence-electron chi connectivity index (χ2n) is 2.69. The van der Waals surface area contributed by atoms with Gasteiger partial charge in [0.1, 0.15) is 0 Å². The fourth-order valence-corrected chi connectivity index (χ4v) is 1.29. The van der Waals surface area contributed by atoms with Crippen LogP contribution in [-0.4, -0.2) is 48.6 Å². The lowest BCUT2D eigenvalue weighted by molar-refractivity contribution is 0.182. The quantitative estimate of drug-likeness (QED) is 0.593. The molecule has 0 aliphatic heterocycles. The number of thioether (sulfide) groups is 1. The maximum atomic E-state index is 11.6. The molecule has 0 fully saturated rings. The maximum absolute atomic E-state index is 11.6. The van der Waals surface area contributed by atoms with Gasteiger partial charge >= 0.3 is 12.1 Å². The van der Waals surface area contributed by atoms with E-state index >= 15 is 0 Å². The van der Waals surface area contributed by atoms with Crippen molar-refractivity contribution in [3.8, 4) is 0 Å². The van der Waals surface area contributed by atoms with Crippen molar-refractivity contribution < 1.29 is 14.3 Å². The zero-order valence-corrected chi connectivity index (χ0v) is 10.8. The van der Waals surface area contributed by atoms with Crippen molar-refractivity contribution in [3.63, 3.8) is 0 Å². The summed E-state index contributed by atoms with van der Waals surface area (Å²) in [4.78, 5) is 27.6. The maximum Gasteiger partial charge on any atom is 0.435 e. The van der Waals surface area contributed by atoms with Crippen LogP contribution in [0.3, 0.4) is 0 Å². The number of hydrogen-bond acceptors (Lipinski definition) is 4. The van der Waals surface area contributed by atoms with E-state index in [4.69, 9.17) is 0 Å². The van der Waals surface area contributed by atoms with Crippen LogP contribution in [0.4, 0.5) is 9.59 Å². The molecule has 0 saturated carbocycles. The largest absolute Gasteiger partial charge is 0.451 e. The van der Waals surface area contributed by atoms with Crippen LogP contribution in [0.25, 0.3) is 0 Å². The van der Waals surface area contributed by atoms with E-state index in [-0.39, 0.29) is 11.2 Å². The van der Waals surface area contributed by atoms with Gasteiger partial charge in [0.25, 0.3) is 0 Å². The number of amides is 3. The molecule has 0 heterocycles. The van der Waals surface area contributed by atoms with Crippen LogP contribution in [0.2, 0.25) is 0 Å². The number of rotatable bonds is 2. The molecule has 0 aromatic carbocycles. The van der Waals surface area contributed by atoms with Gasteiger partial charge in [-0.05, 0) is 20.1 Å². The molecule has 0 aromatic heterocycles. The highest BCUT2D eigenvalue weighted by Gasteiger charge is 2.12. The Morgan fingerprint density at radius 1 is 1.38 bits per heavy atom. The molecule has 92 valence electrons. The number of carbonyl (C=O) groups excluding carboxylic acids is 2. The molecule has 0 unspecified atom stereocenters. The van der Waals surface area contributed by atoms with Crippen molar-refractivity contribution in [2.45, 2.75) is 13.8 Å². The van der Waals surface area contributed by atoms with Crippen molar-refractivity contribution in [1.29, 1.82) is 0 Å². The Hall–Kier alpha value is -1.24. The molecule has 1 N–H and O–H groups in total. The molecule has 0 bridgehead atoms. The van der Waals surface area contributed by atoms with E-state index in [1.165, 1.54) is 18.9 Å². The molecule has 0 rings (SSSR count). The third-order valence-electron chi connectivity index (χ3n) is 1.83. The van der Waals surface area contributed by atoms with Gasteiger partial charge in [0.05, 0.1) is 7.11 Å². The number of methoxy groups -OCH3 is 1. The van der Waals surface area contributed by atoms with E-state index in [1.807, 2.05) is 13.8 Å². The third kappa shape index (κ3) is 5.01. The first-order valence-electron chi connectivity index (χ1n) is 4.85. The SMILES string of the molecule is CCN(CC)C(=O)NC(=NC(=O)OC)SC. The Labute approximate surface area is 99.4 Å². The fourth-order valence-electron chi connectivity index (χ4n) is 0.935. The molecule has 3 amide bonds. The molecule has 6 nitrogen and oxygen atoms in total. The average molecular weight is 247 g/mol. The van der Waals surface area contributed by atoms with Gasteiger partial charge in [-0.15, -0.1) is 0 Å². The van der Waals surface area contributed by atoms with Crippen molar-refractivity contribution in [2.75, 3.05) is 26.5 Å². The van der Waals surface area contributed by atoms with E-state index in [1.54, 1.807) is 11.2 Å². The van der Waals surface area contributed by atoms with E-state index in [9.17, 15) is 9.59 Å². The van der Waals surface area contributed by atoms with Crippen LogP contribution in [0.1, 0.15) is 13.8 Å². The number of ether oxygens (including phenoxy) is 1. The van der Waals surface area contributed by atoms with Gasteiger partial charge in [-0.2, -0.15) is 4.99 Å². The van der Waals surface area contributed by atoms with Gasteiger partial charge in [-0.1, -0.05) is 11.8 Å². The number of carbonyl (C=O) groups is 2. The van der Waals surface area contributed by atoms with Gasteiger partial charge in [0.15, 0.2) is 5.17 Å². The number of urea groups is 1. The minimum Gasteiger partial charge on any atom is -0.451 e. The molecule has 7 heteroatoms. The number of nitrogens with zero attached hydrogens (tertiary/aromatic N) is 2. The first-order chi connectivity index (χ1) is 7.58. The summed E-state index contributed by atoms with van der Waals surface area (Å²) in [7, 11) is 1.23. The van der Waals surface area contributed by atoms with E-state index < -0.39 is 6.09 Å². The summed E-state index contributed by atoms with van der Waals surface area (Å²) in [6, 6.07) is -0.276. The molecule has 0 atom stereocenters. The Kier molecular flexibility index (Phi) is 7.36. The minimum absolute atomic E-state index is 0.226. The van der Waals surface area contributed by atoms with Crippen LogP contribution in [0.15, 0.2) is 4.99 Å². The molecular weight excluding hydrogens is 230 g/mol. The van der Waals surface area contributed by atoms with Crippen molar-refractivity contribution in [3.05, 3.63) is 0 Å². The molecule has 0 radical (unpaired) electrons. The number of amidine groups is 1. The number of hydrogen-bond donors (Lipinski definition) is 1. The number of aliphatic imine (C=N–C) groups is 1. The standard InChI is InChI=1S/C9H17N3O3S/c1-5-12(6-2)8(13)10-7(16-4)11-9(14)15-3/h5-6H2,1-4H3,(H,10,11,13,14). The zero-order valence-electron chi connectivity index (χ0n) is 9.94. The van der Waals surface area contributed by atoms with E-state index in [2.05, 4.69) is 15.0 Å². The van der Waals surface area contributed by atoms with Crippen LogP contribution < -0.4 is 5.32 Å². The summed E-state index contributed by atoms with van der Waals surface area (Å²) in [5, 5.41) is 2.76. The van der Waals surface area contributed by atoms with Crippen molar-refractivity contribution >= 4 is 29.1 Å². The van der Waals surface area contributed by atoms with E-state index in [0.717, 1.165) is 0 Å². The summed E-state index contributed by atoms with van der Waals surface area (Å²) in [6.45, 7) is 4.95. The normalized spacial score (nSPS) is 10.9. The Morgan fingerprint density at radius 2 is 1.94 bits per heavy atom. The second kappa shape index (κ2) is 7.98. The van der Waals surface area contributed by atoms with Crippen LogP contribution in [-0.2, 0) is 4.74 Å². The van der Waals surface area contributed by atoms with Gasteiger partial charge in [0.2, 0.25) is 0 Å². The first-order valence-corrected chi connectivity index (χ1v) is 6.08. The van der Waals surface area contributed by atoms with E-state index in [0.29, 0.717) is 13.1 Å². The summed E-state index contributed by atoms with van der Waals surface area (Å²) in [5.41, 5.74) is 0. The first kappa shape index (κ1) is 14.8. The topological polar surface area (TPSA) is 71.0 Å². The van der Waals surface area contributed by atoms with Gasteiger partial charge in [-0.25, -0.2) is 9.59 Å². The summed E-state index contributed by atoms with van der Waals surface area (Å²) in [6.07, 6.45) is 0.980. The lowest BCUT2D eigenvalue weighted by atomic mass is 10.5. The highest BCUT2D eigenvalue weighted by Crippen LogP contribution is 1.98. The third-order valence-corrected chi connectivity index (χ3v) is 2.41. The highest BCUT2D eigenvalue weighted by atomic mass is 32.2. The lowest BCUT2D eigenvalue weighted by Crippen LogP contribution is -2.41.